The SMILES string of the molecule is CCCNC(c1cccc(C(F)(F)F)c1)C1CC2CC2C1. The Labute approximate surface area is 123 Å². The number of hydrogen-bond donors (Lipinski definition) is 1. The van der Waals surface area contributed by atoms with Crippen molar-refractivity contribution < 1.29 is 13.2 Å². The summed E-state index contributed by atoms with van der Waals surface area (Å²) >= 11 is 0. The molecule has 0 bridgehead atoms. The van der Waals surface area contributed by atoms with E-state index in [9.17, 15) is 13.2 Å². The van der Waals surface area contributed by atoms with Gasteiger partial charge in [0.1, 0.15) is 0 Å². The van der Waals surface area contributed by atoms with Crippen molar-refractivity contribution in [3.63, 3.8) is 0 Å². The molecule has 2 fully saturated rings. The minimum absolute atomic E-state index is 0.0695. The number of alkyl halides is 3. The molecular formula is C17H22F3N. The van der Waals surface area contributed by atoms with Crippen LogP contribution < -0.4 is 5.32 Å². The molecule has 3 atom stereocenters. The molecule has 1 N–H and O–H groups in total. The molecule has 3 rings (SSSR count). The predicted octanol–water partition coefficient (Wildman–Crippen LogP) is 4.79. The highest BCUT2D eigenvalue weighted by molar-refractivity contribution is 5.29. The van der Waals surface area contributed by atoms with Gasteiger partial charge >= 0.3 is 6.18 Å². The Morgan fingerprint density at radius 2 is 1.90 bits per heavy atom. The Bertz CT molecular complexity index is 487. The van der Waals surface area contributed by atoms with Crippen LogP contribution >= 0.6 is 0 Å². The molecule has 0 radical (unpaired) electrons. The summed E-state index contributed by atoms with van der Waals surface area (Å²) in [6.07, 6.45) is 0.405. The summed E-state index contributed by atoms with van der Waals surface area (Å²) in [7, 11) is 0. The Balaban J connectivity index is 1.81. The second-order valence-corrected chi connectivity index (χ2v) is 6.54. The molecule has 21 heavy (non-hydrogen) atoms. The summed E-state index contributed by atoms with van der Waals surface area (Å²) in [5.74, 6) is 2.17. The van der Waals surface area contributed by atoms with Crippen molar-refractivity contribution in [2.75, 3.05) is 6.54 Å². The molecule has 0 spiro atoms. The van der Waals surface area contributed by atoms with Crippen LogP contribution in [0, 0.1) is 17.8 Å². The molecule has 0 heterocycles. The molecule has 4 heteroatoms. The summed E-state index contributed by atoms with van der Waals surface area (Å²) in [4.78, 5) is 0. The van der Waals surface area contributed by atoms with Gasteiger partial charge in [-0.1, -0.05) is 19.1 Å². The Hall–Kier alpha value is -1.03. The maximum atomic E-state index is 12.9. The van der Waals surface area contributed by atoms with Gasteiger partial charge in [0.25, 0.3) is 0 Å². The summed E-state index contributed by atoms with van der Waals surface area (Å²) in [6.45, 7) is 2.94. The van der Waals surface area contributed by atoms with E-state index in [1.165, 1.54) is 31.4 Å². The first kappa shape index (κ1) is 14.9. The Morgan fingerprint density at radius 1 is 1.19 bits per heavy atom. The molecule has 0 amide bonds. The van der Waals surface area contributed by atoms with Crippen LogP contribution in [0.4, 0.5) is 13.2 Å². The number of fused-ring (bicyclic) bond motifs is 1. The lowest BCUT2D eigenvalue weighted by atomic mass is 9.88. The van der Waals surface area contributed by atoms with Crippen molar-refractivity contribution in [3.8, 4) is 0 Å². The minimum Gasteiger partial charge on any atom is -0.310 e. The third-order valence-electron chi connectivity index (χ3n) is 4.94. The zero-order valence-electron chi connectivity index (χ0n) is 12.3. The molecule has 0 saturated heterocycles. The monoisotopic (exact) mass is 297 g/mol. The zero-order valence-corrected chi connectivity index (χ0v) is 12.3. The van der Waals surface area contributed by atoms with Gasteiger partial charge in [0.15, 0.2) is 0 Å². The number of rotatable bonds is 5. The van der Waals surface area contributed by atoms with E-state index in [-0.39, 0.29) is 6.04 Å². The predicted molar refractivity (Wildman–Crippen MR) is 76.8 cm³/mol. The molecule has 116 valence electrons. The van der Waals surface area contributed by atoms with Gasteiger partial charge in [0, 0.05) is 6.04 Å². The second-order valence-electron chi connectivity index (χ2n) is 6.54. The number of hydrogen-bond acceptors (Lipinski definition) is 1. The molecule has 0 aliphatic heterocycles. The fraction of sp³-hybridized carbons (Fsp3) is 0.647. The highest BCUT2D eigenvalue weighted by atomic mass is 19.4. The van der Waals surface area contributed by atoms with Crippen LogP contribution in [0.1, 0.15) is 49.8 Å². The number of nitrogens with one attached hydrogen (secondary N) is 1. The molecule has 3 unspecified atom stereocenters. The van der Waals surface area contributed by atoms with Crippen LogP contribution in [-0.2, 0) is 6.18 Å². The van der Waals surface area contributed by atoms with E-state index in [0.717, 1.165) is 36.4 Å². The molecule has 0 aromatic heterocycles. The highest BCUT2D eigenvalue weighted by Gasteiger charge is 2.48. The quantitative estimate of drug-likeness (QED) is 0.823. The van der Waals surface area contributed by atoms with E-state index < -0.39 is 11.7 Å². The van der Waals surface area contributed by atoms with Crippen molar-refractivity contribution in [2.24, 2.45) is 17.8 Å². The molecule has 1 aromatic carbocycles. The van der Waals surface area contributed by atoms with Crippen molar-refractivity contribution in [3.05, 3.63) is 35.4 Å². The van der Waals surface area contributed by atoms with E-state index in [1.54, 1.807) is 0 Å². The lowest BCUT2D eigenvalue weighted by Gasteiger charge is -2.27. The lowest BCUT2D eigenvalue weighted by Crippen LogP contribution is -2.28. The fourth-order valence-electron chi connectivity index (χ4n) is 3.80. The molecule has 1 aromatic rings. The molecular weight excluding hydrogens is 275 g/mol. The van der Waals surface area contributed by atoms with Crippen LogP contribution in [-0.4, -0.2) is 6.54 Å². The van der Waals surface area contributed by atoms with E-state index >= 15 is 0 Å². The van der Waals surface area contributed by atoms with Crippen LogP contribution in [0.25, 0.3) is 0 Å². The van der Waals surface area contributed by atoms with Gasteiger partial charge in [0.05, 0.1) is 5.56 Å². The van der Waals surface area contributed by atoms with Gasteiger partial charge in [-0.25, -0.2) is 0 Å². The average Bonchev–Trinajstić information content (AvgIpc) is 3.05. The average molecular weight is 297 g/mol. The van der Waals surface area contributed by atoms with E-state index in [4.69, 9.17) is 0 Å². The van der Waals surface area contributed by atoms with Gasteiger partial charge in [-0.3, -0.25) is 0 Å². The largest absolute Gasteiger partial charge is 0.416 e. The van der Waals surface area contributed by atoms with Crippen LogP contribution in [0.3, 0.4) is 0 Å². The maximum absolute atomic E-state index is 12.9. The van der Waals surface area contributed by atoms with Gasteiger partial charge in [-0.2, -0.15) is 13.2 Å². The van der Waals surface area contributed by atoms with E-state index in [2.05, 4.69) is 12.2 Å². The Kier molecular flexibility index (Phi) is 4.00. The minimum atomic E-state index is -4.26. The van der Waals surface area contributed by atoms with Gasteiger partial charge in [0.2, 0.25) is 0 Å². The molecule has 2 aliphatic carbocycles. The Morgan fingerprint density at radius 3 is 2.52 bits per heavy atom. The zero-order chi connectivity index (χ0) is 15.0. The normalized spacial score (nSPS) is 29.2. The second kappa shape index (κ2) is 5.64. The number of halogens is 3. The molecule has 1 nitrogen and oxygen atoms in total. The van der Waals surface area contributed by atoms with Gasteiger partial charge < -0.3 is 5.32 Å². The first-order valence-electron chi connectivity index (χ1n) is 7.89. The van der Waals surface area contributed by atoms with Crippen molar-refractivity contribution in [1.29, 1.82) is 0 Å². The van der Waals surface area contributed by atoms with Crippen molar-refractivity contribution >= 4 is 0 Å². The molecule has 2 aliphatic rings. The summed E-state index contributed by atoms with van der Waals surface area (Å²) < 4.78 is 38.7. The third kappa shape index (κ3) is 3.25. The fourth-order valence-corrected chi connectivity index (χ4v) is 3.80. The van der Waals surface area contributed by atoms with Crippen molar-refractivity contribution in [1.82, 2.24) is 5.32 Å². The molecule has 2 saturated carbocycles. The van der Waals surface area contributed by atoms with E-state index in [0.29, 0.717) is 5.92 Å². The summed E-state index contributed by atoms with van der Waals surface area (Å²) in [5, 5.41) is 3.48. The lowest BCUT2D eigenvalue weighted by molar-refractivity contribution is -0.137. The third-order valence-corrected chi connectivity index (χ3v) is 4.94. The summed E-state index contributed by atoms with van der Waals surface area (Å²) in [5.41, 5.74) is 0.260. The van der Waals surface area contributed by atoms with Crippen LogP contribution in [0.5, 0.6) is 0 Å². The smallest absolute Gasteiger partial charge is 0.310 e. The van der Waals surface area contributed by atoms with Crippen LogP contribution in [0.2, 0.25) is 0 Å². The van der Waals surface area contributed by atoms with E-state index in [1.807, 2.05) is 6.07 Å². The highest BCUT2D eigenvalue weighted by Crippen LogP contribution is 2.57. The van der Waals surface area contributed by atoms with Gasteiger partial charge in [-0.15, -0.1) is 0 Å². The number of benzene rings is 1. The van der Waals surface area contributed by atoms with Crippen molar-refractivity contribution in [2.45, 2.75) is 44.8 Å². The topological polar surface area (TPSA) is 12.0 Å². The summed E-state index contributed by atoms with van der Waals surface area (Å²) in [6, 6.07) is 5.94. The van der Waals surface area contributed by atoms with Crippen LogP contribution in [0.15, 0.2) is 24.3 Å². The maximum Gasteiger partial charge on any atom is 0.416 e. The first-order chi connectivity index (χ1) is 9.99. The first-order valence-corrected chi connectivity index (χ1v) is 7.89. The van der Waals surface area contributed by atoms with Gasteiger partial charge in [-0.05, 0) is 67.7 Å². The standard InChI is InChI=1S/C17H22F3N/c1-2-6-21-16(14-8-12-7-13(12)9-14)11-4-3-5-15(10-11)17(18,19)20/h3-5,10,12-14,16,21H,2,6-9H2,1H3.